The van der Waals surface area contributed by atoms with Gasteiger partial charge in [-0.1, -0.05) is 60.1 Å². The van der Waals surface area contributed by atoms with Gasteiger partial charge in [0.1, 0.15) is 6.54 Å². The Kier molecular flexibility index (Phi) is 5.26. The van der Waals surface area contributed by atoms with Crippen LogP contribution in [0.2, 0.25) is 0 Å². The molecule has 0 aromatic heterocycles. The van der Waals surface area contributed by atoms with E-state index in [1.807, 2.05) is 36.4 Å². The van der Waals surface area contributed by atoms with Crippen molar-refractivity contribution in [2.45, 2.75) is 0 Å². The van der Waals surface area contributed by atoms with Crippen molar-refractivity contribution >= 4 is 28.2 Å². The number of likely N-dealkylation sites (N-methyl/N-ethyl adjacent to an activating group) is 1. The highest BCUT2D eigenvalue weighted by atomic mass is 35.5. The highest BCUT2D eigenvalue weighted by Gasteiger charge is 2.17. The lowest BCUT2D eigenvalue weighted by atomic mass is 10.2. The fourth-order valence-corrected chi connectivity index (χ4v) is 2.22. The minimum absolute atomic E-state index is 0.627. The maximum atomic E-state index is 6.28. The van der Waals surface area contributed by atoms with Crippen LogP contribution in [0.3, 0.4) is 0 Å². The average Bonchev–Trinajstić information content (AvgIpc) is 2.28. The molecule has 0 aliphatic heterocycles. The van der Waals surface area contributed by atoms with Gasteiger partial charge in [-0.2, -0.15) is 0 Å². The molecule has 3 heteroatoms. The molecule has 0 bridgehead atoms. The van der Waals surface area contributed by atoms with Crippen LogP contribution in [0.4, 0.5) is 0 Å². The minimum Gasteiger partial charge on any atom is -0.321 e. The summed E-state index contributed by atoms with van der Waals surface area (Å²) >= 11 is 12.6. The molecule has 0 aliphatic rings. The van der Waals surface area contributed by atoms with Crippen LogP contribution in [-0.4, -0.2) is 31.7 Å². The van der Waals surface area contributed by atoms with Gasteiger partial charge < -0.3 is 4.48 Å². The molecule has 1 rings (SSSR count). The van der Waals surface area contributed by atoms with Gasteiger partial charge in [0.25, 0.3) is 0 Å². The summed E-state index contributed by atoms with van der Waals surface area (Å²) in [6.07, 6.45) is 1.89. The Balaban J connectivity index is 2.87. The van der Waals surface area contributed by atoms with E-state index in [2.05, 4.69) is 20.7 Å². The van der Waals surface area contributed by atoms with Crippen molar-refractivity contribution in [3.8, 4) is 0 Å². The molecular weight excluding hydrogens is 253 g/mol. The third kappa shape index (κ3) is 4.55. The van der Waals surface area contributed by atoms with E-state index in [-0.39, 0.29) is 0 Å². The topological polar surface area (TPSA) is 0 Å². The zero-order valence-electron chi connectivity index (χ0n) is 10.3. The normalized spacial score (nSPS) is 13.2. The van der Waals surface area contributed by atoms with Gasteiger partial charge >= 0.3 is 0 Å². The molecule has 0 heterocycles. The Morgan fingerprint density at radius 1 is 1.24 bits per heavy atom. The van der Waals surface area contributed by atoms with E-state index in [0.717, 1.165) is 16.6 Å². The lowest BCUT2D eigenvalue weighted by molar-refractivity contribution is -0.879. The molecule has 0 spiro atoms. The summed E-state index contributed by atoms with van der Waals surface area (Å²) in [6, 6.07) is 9.77. The Morgan fingerprint density at radius 2 is 1.82 bits per heavy atom. The van der Waals surface area contributed by atoms with Crippen molar-refractivity contribution < 1.29 is 4.48 Å². The van der Waals surface area contributed by atoms with E-state index in [1.165, 1.54) is 0 Å². The minimum atomic E-state index is 0.627. The number of nitrogens with zero attached hydrogens (tertiary/aromatic N) is 1. The lowest BCUT2D eigenvalue weighted by Crippen LogP contribution is -2.40. The van der Waals surface area contributed by atoms with Crippen molar-refractivity contribution in [2.75, 3.05) is 27.2 Å². The van der Waals surface area contributed by atoms with Crippen LogP contribution in [0, 0.1) is 0 Å². The number of quaternary nitrogens is 1. The molecule has 0 unspecified atom stereocenters. The molecule has 0 saturated heterocycles. The standard InChI is InChI=1S/C14H18Cl2N/c1-4-10-17(2,3)11-13(15)14(16)12-8-6-5-7-9-12/h4-9H,1,10-11H2,2-3H3/q+1/b14-13-. The first-order valence-corrected chi connectivity index (χ1v) is 6.24. The largest absolute Gasteiger partial charge is 0.321 e. The lowest BCUT2D eigenvalue weighted by Gasteiger charge is -2.28. The molecule has 17 heavy (non-hydrogen) atoms. The fraction of sp³-hybridized carbons (Fsp3) is 0.286. The zero-order valence-corrected chi connectivity index (χ0v) is 11.8. The molecule has 0 amide bonds. The molecule has 1 aromatic rings. The molecular formula is C14H18Cl2N+. The molecule has 0 atom stereocenters. The number of benzene rings is 1. The van der Waals surface area contributed by atoms with E-state index in [0.29, 0.717) is 16.6 Å². The Hall–Kier alpha value is -0.760. The summed E-state index contributed by atoms with van der Waals surface area (Å²) in [5, 5.41) is 1.31. The van der Waals surface area contributed by atoms with Gasteiger partial charge in [-0.25, -0.2) is 0 Å². The van der Waals surface area contributed by atoms with E-state index in [9.17, 15) is 0 Å². The summed E-state index contributed by atoms with van der Waals surface area (Å²) in [4.78, 5) is 0. The predicted octanol–water partition coefficient (Wildman–Crippen LogP) is 4.10. The van der Waals surface area contributed by atoms with E-state index in [4.69, 9.17) is 23.2 Å². The molecule has 92 valence electrons. The summed E-state index contributed by atoms with van der Waals surface area (Å²) in [5.74, 6) is 0. The van der Waals surface area contributed by atoms with Crippen LogP contribution in [0.15, 0.2) is 48.0 Å². The van der Waals surface area contributed by atoms with Crippen molar-refractivity contribution in [3.63, 3.8) is 0 Å². The van der Waals surface area contributed by atoms with Gasteiger partial charge in [-0.05, 0) is 11.6 Å². The van der Waals surface area contributed by atoms with Gasteiger partial charge in [0.05, 0.1) is 30.7 Å². The molecule has 0 aliphatic carbocycles. The smallest absolute Gasteiger partial charge is 0.116 e. The first-order valence-electron chi connectivity index (χ1n) is 5.49. The number of halogens is 2. The fourth-order valence-electron chi connectivity index (χ4n) is 1.60. The molecule has 0 N–H and O–H groups in total. The van der Waals surface area contributed by atoms with Gasteiger partial charge in [0.2, 0.25) is 0 Å². The summed E-state index contributed by atoms with van der Waals surface area (Å²) in [5.41, 5.74) is 0.956. The van der Waals surface area contributed by atoms with Crippen LogP contribution in [0.5, 0.6) is 0 Å². The molecule has 1 aromatic carbocycles. The van der Waals surface area contributed by atoms with Crippen molar-refractivity contribution in [1.29, 1.82) is 0 Å². The Morgan fingerprint density at radius 3 is 2.35 bits per heavy atom. The maximum absolute atomic E-state index is 6.28. The highest BCUT2D eigenvalue weighted by Crippen LogP contribution is 2.26. The molecule has 1 nitrogen and oxygen atoms in total. The first-order chi connectivity index (χ1) is 7.96. The van der Waals surface area contributed by atoms with Crippen LogP contribution in [0.25, 0.3) is 5.03 Å². The second-order valence-corrected chi connectivity index (χ2v) is 5.48. The Labute approximate surface area is 114 Å². The zero-order chi connectivity index (χ0) is 12.9. The van der Waals surface area contributed by atoms with Crippen molar-refractivity contribution in [2.24, 2.45) is 0 Å². The van der Waals surface area contributed by atoms with Crippen molar-refractivity contribution in [1.82, 2.24) is 0 Å². The summed E-state index contributed by atoms with van der Waals surface area (Å²) in [7, 11) is 4.19. The number of hydrogen-bond donors (Lipinski definition) is 0. The predicted molar refractivity (Wildman–Crippen MR) is 77.1 cm³/mol. The first kappa shape index (κ1) is 14.3. The molecule has 0 fully saturated rings. The van der Waals surface area contributed by atoms with E-state index < -0.39 is 0 Å². The average molecular weight is 271 g/mol. The number of rotatable bonds is 5. The van der Waals surface area contributed by atoms with Gasteiger partial charge in [0, 0.05) is 0 Å². The molecule has 0 saturated carbocycles. The number of hydrogen-bond acceptors (Lipinski definition) is 0. The van der Waals surface area contributed by atoms with E-state index >= 15 is 0 Å². The molecule has 0 radical (unpaired) electrons. The van der Waals surface area contributed by atoms with Crippen molar-refractivity contribution in [3.05, 3.63) is 53.6 Å². The second kappa shape index (κ2) is 6.25. The van der Waals surface area contributed by atoms with Gasteiger partial charge in [-0.15, -0.1) is 0 Å². The quantitative estimate of drug-likeness (QED) is 0.559. The Bertz CT molecular complexity index is 407. The van der Waals surface area contributed by atoms with Crippen LogP contribution >= 0.6 is 23.2 Å². The van der Waals surface area contributed by atoms with Crippen LogP contribution in [0.1, 0.15) is 5.56 Å². The SMILES string of the molecule is C=CC[N+](C)(C)C/C(Cl)=C(/Cl)c1ccccc1. The van der Waals surface area contributed by atoms with Crippen LogP contribution < -0.4 is 0 Å². The van der Waals surface area contributed by atoms with Gasteiger partial charge in [-0.3, -0.25) is 0 Å². The third-order valence-electron chi connectivity index (χ3n) is 2.46. The highest BCUT2D eigenvalue weighted by molar-refractivity contribution is 6.54. The van der Waals surface area contributed by atoms with E-state index in [1.54, 1.807) is 0 Å². The third-order valence-corrected chi connectivity index (χ3v) is 3.31. The second-order valence-electron chi connectivity index (χ2n) is 4.65. The monoisotopic (exact) mass is 270 g/mol. The summed E-state index contributed by atoms with van der Waals surface area (Å²) in [6.45, 7) is 5.30. The summed E-state index contributed by atoms with van der Waals surface area (Å²) < 4.78 is 0.741. The van der Waals surface area contributed by atoms with Crippen LogP contribution in [-0.2, 0) is 0 Å². The maximum Gasteiger partial charge on any atom is 0.116 e. The van der Waals surface area contributed by atoms with Gasteiger partial charge in [0.15, 0.2) is 0 Å².